The number of pyridine rings is 1. The molecule has 2 N–H and O–H groups in total. The third-order valence-electron chi connectivity index (χ3n) is 4.85. The minimum absolute atomic E-state index is 0.0919. The maximum Gasteiger partial charge on any atom is 0.220 e. The Morgan fingerprint density at radius 3 is 2.69 bits per heavy atom. The number of aliphatic hydroxyl groups is 1. The van der Waals surface area contributed by atoms with Crippen molar-refractivity contribution in [2.45, 2.75) is 44.2 Å². The van der Waals surface area contributed by atoms with Gasteiger partial charge in [-0.15, -0.1) is 0 Å². The molecule has 0 aliphatic heterocycles. The van der Waals surface area contributed by atoms with Crippen molar-refractivity contribution in [2.75, 3.05) is 0 Å². The summed E-state index contributed by atoms with van der Waals surface area (Å²) in [7, 11) is 0. The van der Waals surface area contributed by atoms with Gasteiger partial charge in [0.2, 0.25) is 5.91 Å². The van der Waals surface area contributed by atoms with Crippen LogP contribution in [-0.2, 0) is 17.6 Å². The smallest absolute Gasteiger partial charge is 0.220 e. The fourth-order valence-corrected chi connectivity index (χ4v) is 3.27. The van der Waals surface area contributed by atoms with E-state index in [2.05, 4.69) is 10.3 Å². The topological polar surface area (TPSA) is 62.2 Å². The minimum Gasteiger partial charge on any atom is -0.393 e. The number of benzene rings is 1. The molecule has 1 aromatic carbocycles. The first kappa shape index (κ1) is 18.5. The summed E-state index contributed by atoms with van der Waals surface area (Å²) < 4.78 is 26.2. The fourth-order valence-electron chi connectivity index (χ4n) is 3.27. The zero-order valence-corrected chi connectivity index (χ0v) is 14.4. The van der Waals surface area contributed by atoms with Crippen molar-refractivity contribution in [2.24, 2.45) is 5.92 Å². The molecule has 2 aromatic rings. The molecular weight excluding hydrogens is 338 g/mol. The monoisotopic (exact) mass is 360 g/mol. The number of aryl methyl sites for hydroxylation is 1. The van der Waals surface area contributed by atoms with E-state index < -0.39 is 11.6 Å². The first-order valence-electron chi connectivity index (χ1n) is 8.82. The highest BCUT2D eigenvalue weighted by Crippen LogP contribution is 2.31. The quantitative estimate of drug-likeness (QED) is 0.798. The Kier molecular flexibility index (Phi) is 5.93. The molecule has 1 aliphatic rings. The lowest BCUT2D eigenvalue weighted by Gasteiger charge is -2.38. The number of carbonyl (C=O) groups is 1. The van der Waals surface area contributed by atoms with Crippen molar-refractivity contribution in [3.63, 3.8) is 0 Å². The Hall–Kier alpha value is -2.34. The molecule has 138 valence electrons. The largest absolute Gasteiger partial charge is 0.393 e. The second-order valence-electron chi connectivity index (χ2n) is 6.83. The van der Waals surface area contributed by atoms with Crippen molar-refractivity contribution in [3.05, 3.63) is 65.5 Å². The zero-order valence-electron chi connectivity index (χ0n) is 14.4. The number of halogens is 2. The van der Waals surface area contributed by atoms with E-state index >= 15 is 0 Å². The first-order valence-corrected chi connectivity index (χ1v) is 8.82. The van der Waals surface area contributed by atoms with Crippen molar-refractivity contribution in [1.82, 2.24) is 10.3 Å². The molecule has 26 heavy (non-hydrogen) atoms. The number of hydrogen-bond donors (Lipinski definition) is 2. The van der Waals surface area contributed by atoms with Gasteiger partial charge in [-0.2, -0.15) is 0 Å². The van der Waals surface area contributed by atoms with Crippen LogP contribution in [0.25, 0.3) is 0 Å². The molecule has 1 aliphatic carbocycles. The van der Waals surface area contributed by atoms with E-state index in [1.165, 1.54) is 6.07 Å². The molecule has 1 amide bonds. The van der Waals surface area contributed by atoms with Gasteiger partial charge < -0.3 is 10.4 Å². The summed E-state index contributed by atoms with van der Waals surface area (Å²) in [4.78, 5) is 16.6. The molecule has 0 radical (unpaired) electrons. The van der Waals surface area contributed by atoms with E-state index in [-0.39, 0.29) is 30.4 Å². The van der Waals surface area contributed by atoms with Gasteiger partial charge in [0, 0.05) is 30.8 Å². The van der Waals surface area contributed by atoms with Gasteiger partial charge >= 0.3 is 0 Å². The van der Waals surface area contributed by atoms with Crippen LogP contribution in [0.15, 0.2) is 42.6 Å². The predicted molar refractivity (Wildman–Crippen MR) is 93.3 cm³/mol. The number of nitrogens with one attached hydrogen (secondary N) is 1. The van der Waals surface area contributed by atoms with E-state index in [0.29, 0.717) is 31.2 Å². The molecule has 0 saturated heterocycles. The molecule has 6 heteroatoms. The summed E-state index contributed by atoms with van der Waals surface area (Å²) in [6.07, 6.45) is 3.89. The highest BCUT2D eigenvalue weighted by Gasteiger charge is 2.34. The van der Waals surface area contributed by atoms with Crippen LogP contribution in [0, 0.1) is 17.6 Å². The maximum atomic E-state index is 13.2. The van der Waals surface area contributed by atoms with Crippen molar-refractivity contribution in [3.8, 4) is 0 Å². The summed E-state index contributed by atoms with van der Waals surface area (Å²) in [5.74, 6) is -1.71. The molecule has 0 bridgehead atoms. The zero-order chi connectivity index (χ0) is 18.5. The van der Waals surface area contributed by atoms with Gasteiger partial charge in [0.15, 0.2) is 11.6 Å². The molecule has 1 aromatic heterocycles. The molecule has 0 spiro atoms. The number of carbonyl (C=O) groups excluding carboxylic acids is 1. The van der Waals surface area contributed by atoms with Gasteiger partial charge in [0.25, 0.3) is 0 Å². The third-order valence-corrected chi connectivity index (χ3v) is 4.85. The van der Waals surface area contributed by atoms with Gasteiger partial charge in [-0.3, -0.25) is 9.78 Å². The average molecular weight is 360 g/mol. The number of aliphatic hydroxyl groups excluding tert-OH is 1. The standard InChI is InChI=1S/C20H22F2N2O2/c21-17-6-4-13(9-18(17)22)5-7-20(26)24-19(14-10-16(25)11-14)12-15-3-1-2-8-23-15/h1-4,6,8-9,14,16,19,25H,5,7,10-12H2,(H,24,26). The van der Waals surface area contributed by atoms with E-state index in [1.54, 1.807) is 6.20 Å². The molecule has 1 unspecified atom stereocenters. The number of nitrogens with zero attached hydrogens (tertiary/aromatic N) is 1. The molecular formula is C20H22F2N2O2. The Labute approximate surface area is 151 Å². The Balaban J connectivity index is 1.56. The minimum atomic E-state index is -0.903. The van der Waals surface area contributed by atoms with Gasteiger partial charge in [0.1, 0.15) is 0 Å². The molecule has 1 heterocycles. The molecule has 1 saturated carbocycles. The van der Waals surface area contributed by atoms with Gasteiger partial charge in [-0.25, -0.2) is 8.78 Å². The molecule has 1 atom stereocenters. The molecule has 3 rings (SSSR count). The van der Waals surface area contributed by atoms with Gasteiger partial charge in [-0.05, 0) is 55.0 Å². The van der Waals surface area contributed by atoms with Crippen LogP contribution in [0.2, 0.25) is 0 Å². The summed E-state index contributed by atoms with van der Waals surface area (Å²) in [5, 5.41) is 12.6. The Morgan fingerprint density at radius 1 is 1.23 bits per heavy atom. The van der Waals surface area contributed by atoms with Crippen molar-refractivity contribution in [1.29, 1.82) is 0 Å². The van der Waals surface area contributed by atoms with E-state index in [4.69, 9.17) is 0 Å². The summed E-state index contributed by atoms with van der Waals surface area (Å²) in [6, 6.07) is 9.24. The van der Waals surface area contributed by atoms with Crippen LogP contribution in [0.1, 0.15) is 30.5 Å². The number of amides is 1. The first-order chi connectivity index (χ1) is 12.5. The third kappa shape index (κ3) is 4.85. The van der Waals surface area contributed by atoms with E-state index in [0.717, 1.165) is 17.8 Å². The van der Waals surface area contributed by atoms with Crippen molar-refractivity contribution >= 4 is 5.91 Å². The number of rotatable bonds is 7. The normalized spacial score (nSPS) is 20.3. The summed E-state index contributed by atoms with van der Waals surface area (Å²) in [5.41, 5.74) is 1.47. The fraction of sp³-hybridized carbons (Fsp3) is 0.400. The number of hydrogen-bond acceptors (Lipinski definition) is 3. The average Bonchev–Trinajstić information content (AvgIpc) is 2.60. The Morgan fingerprint density at radius 2 is 2.04 bits per heavy atom. The van der Waals surface area contributed by atoms with E-state index in [9.17, 15) is 18.7 Å². The summed E-state index contributed by atoms with van der Waals surface area (Å²) in [6.45, 7) is 0. The lowest BCUT2D eigenvalue weighted by Crippen LogP contribution is -2.48. The molecule has 1 fully saturated rings. The SMILES string of the molecule is O=C(CCc1ccc(F)c(F)c1)NC(Cc1ccccn1)C1CC(O)C1. The maximum absolute atomic E-state index is 13.2. The number of aromatic nitrogens is 1. The van der Waals surface area contributed by atoms with Gasteiger partial charge in [0.05, 0.1) is 6.10 Å². The van der Waals surface area contributed by atoms with Crippen LogP contribution in [0.4, 0.5) is 8.78 Å². The van der Waals surface area contributed by atoms with Gasteiger partial charge in [-0.1, -0.05) is 12.1 Å². The van der Waals surface area contributed by atoms with E-state index in [1.807, 2.05) is 18.2 Å². The predicted octanol–water partition coefficient (Wildman–Crippen LogP) is 2.79. The van der Waals surface area contributed by atoms with Crippen LogP contribution in [0.3, 0.4) is 0 Å². The highest BCUT2D eigenvalue weighted by atomic mass is 19.2. The van der Waals surface area contributed by atoms with Crippen molar-refractivity contribution < 1.29 is 18.7 Å². The summed E-state index contributed by atoms with van der Waals surface area (Å²) >= 11 is 0. The van der Waals surface area contributed by atoms with Crippen LogP contribution >= 0.6 is 0 Å². The van der Waals surface area contributed by atoms with Crippen LogP contribution < -0.4 is 5.32 Å². The van der Waals surface area contributed by atoms with Crippen LogP contribution in [-0.4, -0.2) is 28.1 Å². The lowest BCUT2D eigenvalue weighted by atomic mass is 9.76. The molecule has 4 nitrogen and oxygen atoms in total. The second kappa shape index (κ2) is 8.36. The Bertz CT molecular complexity index is 749. The highest BCUT2D eigenvalue weighted by molar-refractivity contribution is 5.76. The van der Waals surface area contributed by atoms with Crippen LogP contribution in [0.5, 0.6) is 0 Å². The lowest BCUT2D eigenvalue weighted by molar-refractivity contribution is -0.122. The second-order valence-corrected chi connectivity index (χ2v) is 6.83.